The molecule has 0 fully saturated rings. The Bertz CT molecular complexity index is 503. The number of ether oxygens (including phenoxy) is 2. The lowest BCUT2D eigenvalue weighted by Gasteiger charge is -2.09. The van der Waals surface area contributed by atoms with Crippen LogP contribution in [-0.2, 0) is 6.61 Å². The second-order valence-corrected chi connectivity index (χ2v) is 3.64. The molecule has 1 aromatic carbocycles. The molecular formula is C12H15N3O3. The largest absolute Gasteiger partial charge is 0.497 e. The first-order valence-corrected chi connectivity index (χ1v) is 5.37. The van der Waals surface area contributed by atoms with Gasteiger partial charge < -0.3 is 20.0 Å². The summed E-state index contributed by atoms with van der Waals surface area (Å²) >= 11 is 0. The molecule has 1 aromatic heterocycles. The van der Waals surface area contributed by atoms with Gasteiger partial charge in [-0.05, 0) is 17.7 Å². The van der Waals surface area contributed by atoms with Crippen LogP contribution in [-0.4, -0.2) is 24.2 Å². The number of hydrogen-bond donors (Lipinski definition) is 1. The van der Waals surface area contributed by atoms with Crippen LogP contribution in [0.15, 0.2) is 30.5 Å². The fourth-order valence-corrected chi connectivity index (χ4v) is 1.48. The van der Waals surface area contributed by atoms with Gasteiger partial charge in [0.15, 0.2) is 0 Å². The highest BCUT2D eigenvalue weighted by Crippen LogP contribution is 2.22. The highest BCUT2D eigenvalue weighted by molar-refractivity contribution is 5.38. The molecule has 18 heavy (non-hydrogen) atoms. The van der Waals surface area contributed by atoms with Gasteiger partial charge in [0.1, 0.15) is 23.9 Å². The van der Waals surface area contributed by atoms with Crippen molar-refractivity contribution in [2.75, 3.05) is 20.0 Å². The van der Waals surface area contributed by atoms with Crippen LogP contribution in [0.4, 0.5) is 5.82 Å². The molecule has 96 valence electrons. The second-order valence-electron chi connectivity index (χ2n) is 3.64. The zero-order chi connectivity index (χ0) is 13.0. The molecule has 0 aliphatic heterocycles. The molecule has 2 aromatic rings. The van der Waals surface area contributed by atoms with Crippen LogP contribution in [0.25, 0.3) is 0 Å². The van der Waals surface area contributed by atoms with Gasteiger partial charge in [0, 0.05) is 12.1 Å². The summed E-state index contributed by atoms with van der Waals surface area (Å²) in [5.41, 5.74) is 6.40. The van der Waals surface area contributed by atoms with E-state index in [0.717, 1.165) is 5.56 Å². The smallest absolute Gasteiger partial charge is 0.149 e. The SMILES string of the molecule is COc1cc(COn2ccc(N)n2)cc(OC)c1. The van der Waals surface area contributed by atoms with E-state index in [2.05, 4.69) is 5.10 Å². The molecule has 6 nitrogen and oxygen atoms in total. The summed E-state index contributed by atoms with van der Waals surface area (Å²) in [5, 5.41) is 3.92. The summed E-state index contributed by atoms with van der Waals surface area (Å²) in [6.07, 6.45) is 1.65. The summed E-state index contributed by atoms with van der Waals surface area (Å²) in [7, 11) is 3.21. The number of nitrogens with zero attached hydrogens (tertiary/aromatic N) is 2. The van der Waals surface area contributed by atoms with Gasteiger partial charge in [-0.3, -0.25) is 0 Å². The molecule has 0 unspecified atom stereocenters. The van der Waals surface area contributed by atoms with Gasteiger partial charge in [-0.25, -0.2) is 0 Å². The summed E-state index contributed by atoms with van der Waals surface area (Å²) in [5.74, 6) is 1.85. The normalized spacial score (nSPS) is 10.1. The standard InChI is InChI=1S/C12H15N3O3/c1-16-10-5-9(6-11(7-10)17-2)8-18-15-4-3-12(13)14-15/h3-7H,8H2,1-2H3,(H2,13,14). The number of nitrogen functional groups attached to an aromatic ring is 1. The monoisotopic (exact) mass is 249 g/mol. The van der Waals surface area contributed by atoms with Crippen LogP contribution in [0.2, 0.25) is 0 Å². The zero-order valence-electron chi connectivity index (χ0n) is 10.3. The second kappa shape index (κ2) is 5.31. The van der Waals surface area contributed by atoms with E-state index in [1.165, 1.54) is 4.85 Å². The molecule has 0 bridgehead atoms. The molecule has 0 spiro atoms. The number of aromatic nitrogens is 2. The Kier molecular flexibility index (Phi) is 3.57. The van der Waals surface area contributed by atoms with Crippen LogP contribution in [0.5, 0.6) is 11.5 Å². The van der Waals surface area contributed by atoms with Crippen LogP contribution in [0.1, 0.15) is 5.56 Å². The van der Waals surface area contributed by atoms with E-state index in [1.54, 1.807) is 32.5 Å². The molecule has 2 N–H and O–H groups in total. The number of hydrogen-bond acceptors (Lipinski definition) is 5. The molecule has 0 saturated carbocycles. The Morgan fingerprint density at radius 1 is 1.17 bits per heavy atom. The summed E-state index contributed by atoms with van der Waals surface area (Å²) in [6.45, 7) is 0.342. The van der Waals surface area contributed by atoms with Crippen molar-refractivity contribution >= 4 is 5.82 Å². The molecule has 0 radical (unpaired) electrons. The van der Waals surface area contributed by atoms with Gasteiger partial charge in [0.2, 0.25) is 0 Å². The Morgan fingerprint density at radius 2 is 1.83 bits per heavy atom. The fourth-order valence-electron chi connectivity index (χ4n) is 1.48. The molecule has 1 heterocycles. The maximum atomic E-state index is 5.49. The first-order chi connectivity index (χ1) is 8.71. The van der Waals surface area contributed by atoms with Crippen molar-refractivity contribution in [2.45, 2.75) is 6.61 Å². The third kappa shape index (κ3) is 2.85. The van der Waals surface area contributed by atoms with E-state index < -0.39 is 0 Å². The molecule has 2 rings (SSSR count). The number of rotatable bonds is 5. The molecule has 0 atom stereocenters. The number of anilines is 1. The van der Waals surface area contributed by atoms with Crippen molar-refractivity contribution in [1.29, 1.82) is 0 Å². The first kappa shape index (κ1) is 12.1. The minimum atomic E-state index is 0.342. The molecule has 0 saturated heterocycles. The van der Waals surface area contributed by atoms with Gasteiger partial charge >= 0.3 is 0 Å². The zero-order valence-corrected chi connectivity index (χ0v) is 10.3. The van der Waals surface area contributed by atoms with E-state index in [-0.39, 0.29) is 0 Å². The fraction of sp³-hybridized carbons (Fsp3) is 0.250. The predicted octanol–water partition coefficient (Wildman–Crippen LogP) is 1.11. The van der Waals surface area contributed by atoms with Crippen molar-refractivity contribution in [3.05, 3.63) is 36.0 Å². The van der Waals surface area contributed by atoms with Crippen molar-refractivity contribution in [3.63, 3.8) is 0 Å². The van der Waals surface area contributed by atoms with Crippen molar-refractivity contribution < 1.29 is 14.3 Å². The van der Waals surface area contributed by atoms with Crippen LogP contribution >= 0.6 is 0 Å². The van der Waals surface area contributed by atoms with Gasteiger partial charge in [0.25, 0.3) is 0 Å². The topological polar surface area (TPSA) is 71.5 Å². The van der Waals surface area contributed by atoms with Crippen LogP contribution < -0.4 is 20.0 Å². The number of nitrogens with two attached hydrogens (primary N) is 1. The highest BCUT2D eigenvalue weighted by Gasteiger charge is 2.03. The molecule has 0 aliphatic rings. The molecular weight excluding hydrogens is 234 g/mol. The highest BCUT2D eigenvalue weighted by atomic mass is 16.7. The van der Waals surface area contributed by atoms with Crippen LogP contribution in [0.3, 0.4) is 0 Å². The molecule has 0 amide bonds. The summed E-state index contributed by atoms with van der Waals surface area (Å²) in [4.78, 5) is 6.75. The molecule has 6 heteroatoms. The number of benzene rings is 1. The van der Waals surface area contributed by atoms with Crippen molar-refractivity contribution in [1.82, 2.24) is 9.94 Å². The Labute approximate surface area is 105 Å². The Balaban J connectivity index is 2.08. The van der Waals surface area contributed by atoms with Crippen LogP contribution in [0, 0.1) is 0 Å². The number of methoxy groups -OCH3 is 2. The third-order valence-corrected chi connectivity index (χ3v) is 2.36. The van der Waals surface area contributed by atoms with Gasteiger partial charge in [-0.15, -0.1) is 9.94 Å². The van der Waals surface area contributed by atoms with Gasteiger partial charge in [0.05, 0.1) is 20.4 Å². The lowest BCUT2D eigenvalue weighted by molar-refractivity contribution is 0.0705. The van der Waals surface area contributed by atoms with E-state index in [0.29, 0.717) is 23.9 Å². The van der Waals surface area contributed by atoms with Crippen molar-refractivity contribution in [3.8, 4) is 11.5 Å². The van der Waals surface area contributed by atoms with E-state index in [4.69, 9.17) is 20.0 Å². The minimum absolute atomic E-state index is 0.342. The van der Waals surface area contributed by atoms with E-state index >= 15 is 0 Å². The average Bonchev–Trinajstić information content (AvgIpc) is 2.81. The lowest BCUT2D eigenvalue weighted by atomic mass is 10.2. The maximum absolute atomic E-state index is 5.49. The summed E-state index contributed by atoms with van der Waals surface area (Å²) in [6, 6.07) is 7.20. The molecule has 0 aliphatic carbocycles. The van der Waals surface area contributed by atoms with Gasteiger partial charge in [-0.2, -0.15) is 0 Å². The Morgan fingerprint density at radius 3 is 2.33 bits per heavy atom. The average molecular weight is 249 g/mol. The summed E-state index contributed by atoms with van der Waals surface area (Å²) < 4.78 is 10.4. The first-order valence-electron chi connectivity index (χ1n) is 5.37. The van der Waals surface area contributed by atoms with Gasteiger partial charge in [-0.1, -0.05) is 0 Å². The lowest BCUT2D eigenvalue weighted by Crippen LogP contribution is -2.12. The third-order valence-electron chi connectivity index (χ3n) is 2.36. The minimum Gasteiger partial charge on any atom is -0.497 e. The van der Waals surface area contributed by atoms with Crippen molar-refractivity contribution in [2.24, 2.45) is 0 Å². The van der Waals surface area contributed by atoms with E-state index in [9.17, 15) is 0 Å². The Hall–Kier alpha value is -2.37. The predicted molar refractivity (Wildman–Crippen MR) is 66.5 cm³/mol. The van der Waals surface area contributed by atoms with E-state index in [1.807, 2.05) is 12.1 Å². The maximum Gasteiger partial charge on any atom is 0.149 e. The quantitative estimate of drug-likeness (QED) is 0.859.